The van der Waals surface area contributed by atoms with E-state index in [1.54, 1.807) is 48.8 Å². The number of hydrogen-bond donors (Lipinski definition) is 1. The van der Waals surface area contributed by atoms with Crippen LogP contribution in [0.3, 0.4) is 0 Å². The van der Waals surface area contributed by atoms with Crippen LogP contribution in [0.15, 0.2) is 53.7 Å². The Balaban J connectivity index is 1.55. The van der Waals surface area contributed by atoms with Crippen molar-refractivity contribution < 1.29 is 17.9 Å². The maximum Gasteiger partial charge on any atom is 0.270 e. The number of H-pyrrole nitrogens is 1. The van der Waals surface area contributed by atoms with Gasteiger partial charge in [-0.1, -0.05) is 17.7 Å². The standard InChI is InChI=1S/C22H21IN4O4S/c1-14-2-4-16(5-3-14)32(28,29)27-20(23)12-17-18(6-9-24-22(17)27)31-19-13-25-26-21(19)15-7-10-30-11-8-15/h2-6,9,12-13,15H,7-8,10-11H2,1H3,(H,25,26). The molecule has 0 aliphatic carbocycles. The second-order valence-corrected chi connectivity index (χ2v) is 10.6. The lowest BCUT2D eigenvalue weighted by Gasteiger charge is -2.21. The van der Waals surface area contributed by atoms with Gasteiger partial charge in [-0.3, -0.25) is 5.10 Å². The maximum atomic E-state index is 13.4. The van der Waals surface area contributed by atoms with Gasteiger partial charge in [0.1, 0.15) is 11.4 Å². The Bertz CT molecular complexity index is 1370. The van der Waals surface area contributed by atoms with Gasteiger partial charge in [-0.2, -0.15) is 5.10 Å². The quantitative estimate of drug-likeness (QED) is 0.356. The molecule has 32 heavy (non-hydrogen) atoms. The zero-order valence-corrected chi connectivity index (χ0v) is 20.3. The lowest BCUT2D eigenvalue weighted by molar-refractivity contribution is 0.0841. The van der Waals surface area contributed by atoms with Crippen LogP contribution in [0.25, 0.3) is 11.0 Å². The molecule has 0 unspecified atom stereocenters. The number of fused-ring (bicyclic) bond motifs is 1. The first kappa shape index (κ1) is 21.4. The van der Waals surface area contributed by atoms with E-state index < -0.39 is 10.0 Å². The molecule has 4 heterocycles. The van der Waals surface area contributed by atoms with E-state index in [0.717, 1.165) is 24.1 Å². The molecule has 0 saturated carbocycles. The fourth-order valence-corrected chi connectivity index (χ4v) is 6.57. The molecule has 1 aliphatic heterocycles. The molecule has 8 nitrogen and oxygen atoms in total. The smallest absolute Gasteiger partial charge is 0.270 e. The Morgan fingerprint density at radius 1 is 1.16 bits per heavy atom. The largest absolute Gasteiger partial charge is 0.453 e. The highest BCUT2D eigenvalue weighted by molar-refractivity contribution is 14.1. The number of aryl methyl sites for hydroxylation is 1. The van der Waals surface area contributed by atoms with E-state index in [0.29, 0.717) is 39.4 Å². The monoisotopic (exact) mass is 564 g/mol. The molecule has 3 aromatic heterocycles. The number of pyridine rings is 1. The molecule has 0 radical (unpaired) electrons. The van der Waals surface area contributed by atoms with E-state index in [9.17, 15) is 8.42 Å². The van der Waals surface area contributed by atoms with E-state index in [4.69, 9.17) is 9.47 Å². The second kappa shape index (κ2) is 8.49. The highest BCUT2D eigenvalue weighted by atomic mass is 127. The Kier molecular flexibility index (Phi) is 5.68. The molecule has 0 spiro atoms. The van der Waals surface area contributed by atoms with Crippen molar-refractivity contribution in [3.05, 3.63) is 63.7 Å². The van der Waals surface area contributed by atoms with Crippen molar-refractivity contribution in [2.45, 2.75) is 30.6 Å². The van der Waals surface area contributed by atoms with Crippen molar-refractivity contribution in [2.75, 3.05) is 13.2 Å². The molecule has 1 aromatic carbocycles. The summed E-state index contributed by atoms with van der Waals surface area (Å²) in [6.45, 7) is 3.32. The number of aromatic nitrogens is 4. The predicted molar refractivity (Wildman–Crippen MR) is 128 cm³/mol. The predicted octanol–water partition coefficient (Wildman–Crippen LogP) is 4.60. The van der Waals surface area contributed by atoms with Gasteiger partial charge in [-0.05, 0) is 66.6 Å². The summed E-state index contributed by atoms with van der Waals surface area (Å²) in [5.41, 5.74) is 2.17. The first-order valence-corrected chi connectivity index (χ1v) is 12.7. The van der Waals surface area contributed by atoms with Gasteiger partial charge in [0.2, 0.25) is 0 Å². The van der Waals surface area contributed by atoms with E-state index >= 15 is 0 Å². The molecule has 4 aromatic rings. The molecule has 1 saturated heterocycles. The number of rotatable bonds is 5. The van der Waals surface area contributed by atoms with Crippen LogP contribution >= 0.6 is 22.6 Å². The van der Waals surface area contributed by atoms with Crippen LogP contribution in [0.5, 0.6) is 11.5 Å². The topological polar surface area (TPSA) is 99.1 Å². The minimum Gasteiger partial charge on any atom is -0.453 e. The lowest BCUT2D eigenvalue weighted by Crippen LogP contribution is -2.15. The molecule has 1 fully saturated rings. The zero-order valence-electron chi connectivity index (χ0n) is 17.3. The Labute approximate surface area is 199 Å². The number of hydrogen-bond acceptors (Lipinski definition) is 6. The fourth-order valence-electron chi connectivity index (χ4n) is 3.91. The Morgan fingerprint density at radius 2 is 1.91 bits per heavy atom. The molecular weight excluding hydrogens is 543 g/mol. The van der Waals surface area contributed by atoms with Crippen LogP contribution < -0.4 is 4.74 Å². The molecule has 10 heteroatoms. The summed E-state index contributed by atoms with van der Waals surface area (Å²) < 4.78 is 40.2. The molecule has 1 aliphatic rings. The van der Waals surface area contributed by atoms with E-state index in [-0.39, 0.29) is 10.8 Å². The van der Waals surface area contributed by atoms with Gasteiger partial charge in [0, 0.05) is 25.3 Å². The van der Waals surface area contributed by atoms with Crippen molar-refractivity contribution in [3.63, 3.8) is 0 Å². The van der Waals surface area contributed by atoms with Crippen LogP contribution in [0.1, 0.15) is 30.0 Å². The van der Waals surface area contributed by atoms with E-state index in [1.807, 2.05) is 29.5 Å². The first-order valence-electron chi connectivity index (χ1n) is 10.2. The van der Waals surface area contributed by atoms with Crippen molar-refractivity contribution in [1.82, 2.24) is 19.2 Å². The second-order valence-electron chi connectivity index (χ2n) is 7.72. The minimum atomic E-state index is -3.82. The number of halogens is 1. The van der Waals surface area contributed by atoms with Crippen molar-refractivity contribution in [2.24, 2.45) is 0 Å². The number of benzene rings is 1. The average Bonchev–Trinajstić information content (AvgIpc) is 3.39. The molecule has 0 bridgehead atoms. The summed E-state index contributed by atoms with van der Waals surface area (Å²) in [6, 6.07) is 10.3. The van der Waals surface area contributed by atoms with Gasteiger partial charge in [-0.25, -0.2) is 17.4 Å². The highest BCUT2D eigenvalue weighted by Gasteiger charge is 2.26. The average molecular weight is 564 g/mol. The summed E-state index contributed by atoms with van der Waals surface area (Å²) in [5, 5.41) is 7.92. The number of nitrogens with one attached hydrogen (secondary N) is 1. The van der Waals surface area contributed by atoms with Gasteiger partial charge in [0.15, 0.2) is 11.4 Å². The van der Waals surface area contributed by atoms with Crippen LogP contribution in [0.4, 0.5) is 0 Å². The third-order valence-electron chi connectivity index (χ3n) is 5.60. The SMILES string of the molecule is Cc1ccc(S(=O)(=O)n2c(I)cc3c(Oc4c[nH]nc4C4CCOCC4)ccnc32)cc1. The maximum absolute atomic E-state index is 13.4. The van der Waals surface area contributed by atoms with Crippen molar-refractivity contribution in [1.29, 1.82) is 0 Å². The summed E-state index contributed by atoms with van der Waals surface area (Å²) in [7, 11) is -3.82. The number of nitrogens with zero attached hydrogens (tertiary/aromatic N) is 3. The third-order valence-corrected chi connectivity index (χ3v) is 8.44. The fraction of sp³-hybridized carbons (Fsp3) is 0.273. The summed E-state index contributed by atoms with van der Waals surface area (Å²) in [5.74, 6) is 1.42. The molecular formula is C22H21IN4O4S. The van der Waals surface area contributed by atoms with Crippen molar-refractivity contribution in [3.8, 4) is 11.5 Å². The summed E-state index contributed by atoms with van der Waals surface area (Å²) in [4.78, 5) is 4.58. The van der Waals surface area contributed by atoms with Crippen LogP contribution in [-0.2, 0) is 14.8 Å². The summed E-state index contributed by atoms with van der Waals surface area (Å²) in [6.07, 6.45) is 5.05. The van der Waals surface area contributed by atoms with Crippen LogP contribution in [0, 0.1) is 10.6 Å². The minimum absolute atomic E-state index is 0.211. The first-order chi connectivity index (χ1) is 15.4. The third kappa shape index (κ3) is 3.80. The van der Waals surface area contributed by atoms with Crippen molar-refractivity contribution >= 4 is 43.6 Å². The molecule has 5 rings (SSSR count). The zero-order chi connectivity index (χ0) is 22.3. The summed E-state index contributed by atoms with van der Waals surface area (Å²) >= 11 is 2.02. The van der Waals surface area contributed by atoms with Gasteiger partial charge < -0.3 is 9.47 Å². The van der Waals surface area contributed by atoms with Gasteiger partial charge in [0.25, 0.3) is 10.0 Å². The Morgan fingerprint density at radius 3 is 2.66 bits per heavy atom. The van der Waals surface area contributed by atoms with E-state index in [2.05, 4.69) is 15.2 Å². The molecule has 166 valence electrons. The van der Waals surface area contributed by atoms with Gasteiger partial charge >= 0.3 is 0 Å². The molecule has 1 N–H and O–H groups in total. The normalized spacial score (nSPS) is 15.3. The molecule has 0 atom stereocenters. The van der Waals surface area contributed by atoms with Crippen LogP contribution in [-0.4, -0.2) is 40.8 Å². The lowest BCUT2D eigenvalue weighted by atomic mass is 9.96. The number of ether oxygens (including phenoxy) is 2. The number of aromatic amines is 1. The van der Waals surface area contributed by atoms with E-state index in [1.165, 1.54) is 3.97 Å². The Hall–Kier alpha value is -2.44. The highest BCUT2D eigenvalue weighted by Crippen LogP contribution is 2.37. The molecule has 0 amide bonds. The van der Waals surface area contributed by atoms with Crippen LogP contribution in [0.2, 0.25) is 0 Å². The van der Waals surface area contributed by atoms with Gasteiger partial charge in [-0.15, -0.1) is 0 Å². The van der Waals surface area contributed by atoms with Gasteiger partial charge in [0.05, 0.1) is 20.2 Å².